The van der Waals surface area contributed by atoms with Gasteiger partial charge in [0, 0.05) is 26.7 Å². The molecule has 2 N–H and O–H groups in total. The molecule has 6 heteroatoms. The van der Waals surface area contributed by atoms with Gasteiger partial charge in [0.2, 0.25) is 5.91 Å². The Hall–Kier alpha value is -1.14. The highest BCUT2D eigenvalue weighted by molar-refractivity contribution is 5.86. The van der Waals surface area contributed by atoms with Gasteiger partial charge in [-0.25, -0.2) is 4.79 Å². The number of carbonyl (C=O) groups excluding carboxylic acids is 1. The fraction of sp³-hybridized carbons (Fsp3) is 0.846. The first kappa shape index (κ1) is 15.9. The maximum atomic E-state index is 11.8. The number of aliphatic carboxylic acids is 1. The van der Waals surface area contributed by atoms with Crippen LogP contribution in [0.4, 0.5) is 0 Å². The molecular weight excluding hydrogens is 250 g/mol. The lowest BCUT2D eigenvalue weighted by Gasteiger charge is -2.26. The highest BCUT2D eigenvalue weighted by Crippen LogP contribution is 2.20. The van der Waals surface area contributed by atoms with E-state index in [1.165, 1.54) is 14.0 Å². The molecule has 1 aliphatic rings. The molecule has 0 bridgehead atoms. The lowest BCUT2D eigenvalue weighted by Crippen LogP contribution is -2.55. The van der Waals surface area contributed by atoms with Crippen molar-refractivity contribution < 1.29 is 24.2 Å². The summed E-state index contributed by atoms with van der Waals surface area (Å²) in [6.45, 7) is 2.90. The molecule has 0 saturated carbocycles. The lowest BCUT2D eigenvalue weighted by molar-refractivity contribution is -0.149. The van der Waals surface area contributed by atoms with E-state index in [4.69, 9.17) is 14.6 Å². The van der Waals surface area contributed by atoms with Gasteiger partial charge in [-0.2, -0.15) is 0 Å². The second-order valence-electron chi connectivity index (χ2n) is 5.21. The highest BCUT2D eigenvalue weighted by atomic mass is 16.5. The molecular formula is C13H23NO5. The van der Waals surface area contributed by atoms with E-state index in [1.807, 2.05) is 0 Å². The molecule has 1 unspecified atom stereocenters. The molecule has 1 rings (SSSR count). The third kappa shape index (κ3) is 5.16. The summed E-state index contributed by atoms with van der Waals surface area (Å²) in [5, 5.41) is 11.7. The molecule has 0 aliphatic carbocycles. The summed E-state index contributed by atoms with van der Waals surface area (Å²) in [7, 11) is 1.41. The number of carbonyl (C=O) groups is 2. The summed E-state index contributed by atoms with van der Waals surface area (Å²) in [6, 6.07) is 0. The van der Waals surface area contributed by atoms with Crippen LogP contribution in [0.5, 0.6) is 0 Å². The standard InChI is InChI=1S/C13H23NO5/c1-13(9-18-2,12(16)17)14-11(15)4-3-10-5-7-19-8-6-10/h10H,3-9H2,1-2H3,(H,14,15)(H,16,17). The van der Waals surface area contributed by atoms with Crippen molar-refractivity contribution in [1.29, 1.82) is 0 Å². The van der Waals surface area contributed by atoms with Crippen molar-refractivity contribution in [2.45, 2.75) is 38.1 Å². The molecule has 0 spiro atoms. The molecule has 6 nitrogen and oxygen atoms in total. The Morgan fingerprint density at radius 1 is 1.42 bits per heavy atom. The van der Waals surface area contributed by atoms with Crippen molar-refractivity contribution in [2.75, 3.05) is 26.9 Å². The lowest BCUT2D eigenvalue weighted by atomic mass is 9.94. The van der Waals surface area contributed by atoms with Crippen LogP contribution in [0, 0.1) is 5.92 Å². The number of carboxylic acid groups (broad SMARTS) is 1. The summed E-state index contributed by atoms with van der Waals surface area (Å²) < 4.78 is 10.1. The van der Waals surface area contributed by atoms with Crippen LogP contribution in [-0.4, -0.2) is 49.5 Å². The van der Waals surface area contributed by atoms with Gasteiger partial charge in [-0.15, -0.1) is 0 Å². The summed E-state index contributed by atoms with van der Waals surface area (Å²) in [5.41, 5.74) is -1.36. The van der Waals surface area contributed by atoms with E-state index in [0.717, 1.165) is 32.5 Å². The van der Waals surface area contributed by atoms with Crippen LogP contribution in [0.1, 0.15) is 32.6 Å². The van der Waals surface area contributed by atoms with Gasteiger partial charge in [-0.3, -0.25) is 4.79 Å². The van der Waals surface area contributed by atoms with Crippen molar-refractivity contribution >= 4 is 11.9 Å². The number of nitrogens with one attached hydrogen (secondary N) is 1. The number of hydrogen-bond donors (Lipinski definition) is 2. The van der Waals surface area contributed by atoms with Gasteiger partial charge in [-0.05, 0) is 32.1 Å². The number of hydrogen-bond acceptors (Lipinski definition) is 4. The van der Waals surface area contributed by atoms with E-state index in [-0.39, 0.29) is 12.5 Å². The van der Waals surface area contributed by atoms with Crippen molar-refractivity contribution in [1.82, 2.24) is 5.32 Å². The van der Waals surface area contributed by atoms with E-state index in [2.05, 4.69) is 5.32 Å². The maximum Gasteiger partial charge on any atom is 0.331 e. The van der Waals surface area contributed by atoms with Crippen LogP contribution in [0.3, 0.4) is 0 Å². The number of carboxylic acids is 1. The fourth-order valence-corrected chi connectivity index (χ4v) is 2.18. The number of ether oxygens (including phenoxy) is 2. The highest BCUT2D eigenvalue weighted by Gasteiger charge is 2.34. The zero-order chi connectivity index (χ0) is 14.3. The van der Waals surface area contributed by atoms with Gasteiger partial charge in [-0.1, -0.05) is 0 Å². The third-order valence-corrected chi connectivity index (χ3v) is 3.44. The third-order valence-electron chi connectivity index (χ3n) is 3.44. The fourth-order valence-electron chi connectivity index (χ4n) is 2.18. The first-order valence-corrected chi connectivity index (χ1v) is 6.59. The minimum Gasteiger partial charge on any atom is -0.479 e. The van der Waals surface area contributed by atoms with Crippen molar-refractivity contribution in [3.8, 4) is 0 Å². The molecule has 1 atom stereocenters. The molecule has 110 valence electrons. The molecule has 0 aromatic carbocycles. The van der Waals surface area contributed by atoms with Crippen molar-refractivity contribution in [2.24, 2.45) is 5.92 Å². The Labute approximate surface area is 113 Å². The summed E-state index contributed by atoms with van der Waals surface area (Å²) >= 11 is 0. The normalized spacial score (nSPS) is 19.7. The van der Waals surface area contributed by atoms with E-state index in [1.54, 1.807) is 0 Å². The monoisotopic (exact) mass is 273 g/mol. The maximum absolute atomic E-state index is 11.8. The van der Waals surface area contributed by atoms with Crippen LogP contribution in [0.15, 0.2) is 0 Å². The minimum absolute atomic E-state index is 0.0503. The van der Waals surface area contributed by atoms with Gasteiger partial charge in [0.25, 0.3) is 0 Å². The number of methoxy groups -OCH3 is 1. The molecule has 1 fully saturated rings. The van der Waals surface area contributed by atoms with Crippen LogP contribution < -0.4 is 5.32 Å². The summed E-state index contributed by atoms with van der Waals surface area (Å²) in [4.78, 5) is 23.0. The zero-order valence-corrected chi connectivity index (χ0v) is 11.6. The van der Waals surface area contributed by atoms with Crippen molar-refractivity contribution in [3.63, 3.8) is 0 Å². The Morgan fingerprint density at radius 2 is 2.05 bits per heavy atom. The first-order chi connectivity index (χ1) is 8.98. The van der Waals surface area contributed by atoms with Crippen LogP contribution in [0.25, 0.3) is 0 Å². The first-order valence-electron chi connectivity index (χ1n) is 6.59. The molecule has 1 amide bonds. The molecule has 0 aromatic heterocycles. The molecule has 1 heterocycles. The van der Waals surface area contributed by atoms with Crippen LogP contribution >= 0.6 is 0 Å². The van der Waals surface area contributed by atoms with E-state index in [0.29, 0.717) is 12.3 Å². The smallest absolute Gasteiger partial charge is 0.331 e. The molecule has 1 saturated heterocycles. The van der Waals surface area contributed by atoms with Crippen LogP contribution in [0.2, 0.25) is 0 Å². The Bertz CT molecular complexity index is 314. The summed E-state index contributed by atoms with van der Waals surface area (Å²) in [6.07, 6.45) is 3.07. The minimum atomic E-state index is -1.36. The topological polar surface area (TPSA) is 84.9 Å². The second-order valence-corrected chi connectivity index (χ2v) is 5.21. The largest absolute Gasteiger partial charge is 0.479 e. The average molecular weight is 273 g/mol. The van der Waals surface area contributed by atoms with Gasteiger partial charge < -0.3 is 19.9 Å². The Kier molecular flexibility index (Phi) is 6.24. The predicted octanol–water partition coefficient (Wildman–Crippen LogP) is 0.799. The zero-order valence-electron chi connectivity index (χ0n) is 11.6. The Morgan fingerprint density at radius 3 is 2.58 bits per heavy atom. The number of rotatable bonds is 7. The SMILES string of the molecule is COCC(C)(NC(=O)CCC1CCOCC1)C(=O)O. The van der Waals surface area contributed by atoms with E-state index in [9.17, 15) is 9.59 Å². The quantitative estimate of drug-likeness (QED) is 0.716. The van der Waals surface area contributed by atoms with Gasteiger partial charge in [0.1, 0.15) is 0 Å². The van der Waals surface area contributed by atoms with E-state index < -0.39 is 11.5 Å². The number of amides is 1. The average Bonchev–Trinajstić information content (AvgIpc) is 2.37. The predicted molar refractivity (Wildman–Crippen MR) is 68.8 cm³/mol. The second kappa shape index (κ2) is 7.45. The molecule has 1 aliphatic heterocycles. The molecule has 0 radical (unpaired) electrons. The molecule has 19 heavy (non-hydrogen) atoms. The Balaban J connectivity index is 2.37. The summed E-state index contributed by atoms with van der Waals surface area (Å²) in [5.74, 6) is -0.833. The van der Waals surface area contributed by atoms with Gasteiger partial charge in [0.15, 0.2) is 5.54 Å². The molecule has 0 aromatic rings. The van der Waals surface area contributed by atoms with Gasteiger partial charge >= 0.3 is 5.97 Å². The van der Waals surface area contributed by atoms with Crippen molar-refractivity contribution in [3.05, 3.63) is 0 Å². The van der Waals surface area contributed by atoms with Gasteiger partial charge in [0.05, 0.1) is 6.61 Å². The van der Waals surface area contributed by atoms with Crippen LogP contribution in [-0.2, 0) is 19.1 Å². The van der Waals surface area contributed by atoms with E-state index >= 15 is 0 Å².